The molecule has 0 aromatic rings. The normalized spacial score (nSPS) is 36.8. The smallest absolute Gasteiger partial charge is 0.249 e. The van der Waals surface area contributed by atoms with Crippen molar-refractivity contribution in [1.82, 2.24) is 5.32 Å². The van der Waals surface area contributed by atoms with Crippen molar-refractivity contribution < 1.29 is 9.59 Å². The monoisotopic (exact) mass is 215 g/mol. The van der Waals surface area contributed by atoms with Gasteiger partial charge in [0.05, 0.1) is 12.1 Å². The molecule has 1 aliphatic carbocycles. The van der Waals surface area contributed by atoms with E-state index in [0.29, 0.717) is 0 Å². The van der Waals surface area contributed by atoms with E-state index in [2.05, 4.69) is 5.32 Å². The highest BCUT2D eigenvalue weighted by Crippen LogP contribution is 2.53. The number of rotatable bonds is 0. The van der Waals surface area contributed by atoms with Gasteiger partial charge in [-0.25, -0.2) is 0 Å². The lowest BCUT2D eigenvalue weighted by Gasteiger charge is -2.34. The highest BCUT2D eigenvalue weighted by atomic mass is 16.2. The molecule has 1 N–H and O–H groups in total. The van der Waals surface area contributed by atoms with Crippen LogP contribution in [0.1, 0.15) is 19.8 Å². The number of hydrogen-bond acceptors (Lipinski definition) is 4. The number of imide groups is 1. The summed E-state index contributed by atoms with van der Waals surface area (Å²) in [4.78, 5) is 23.5. The summed E-state index contributed by atoms with van der Waals surface area (Å²) in [5.41, 5.74) is -2.23. The average Bonchev–Trinajstić information content (AvgIpc) is 2.48. The van der Waals surface area contributed by atoms with Gasteiger partial charge in [-0.1, -0.05) is 11.6 Å². The zero-order valence-electron chi connectivity index (χ0n) is 8.70. The lowest BCUT2D eigenvalue weighted by atomic mass is 9.59. The van der Waals surface area contributed by atoms with Crippen LogP contribution in [-0.4, -0.2) is 11.8 Å². The molecule has 5 nitrogen and oxygen atoms in total. The number of nitrogens with one attached hydrogen (secondary N) is 1. The predicted molar refractivity (Wildman–Crippen MR) is 52.2 cm³/mol. The first-order valence-electron chi connectivity index (χ1n) is 4.86. The summed E-state index contributed by atoms with van der Waals surface area (Å²) < 4.78 is 0. The summed E-state index contributed by atoms with van der Waals surface area (Å²) in [5.74, 6) is -1.29. The maximum atomic E-state index is 11.7. The zero-order chi connectivity index (χ0) is 12.0. The van der Waals surface area contributed by atoms with Gasteiger partial charge in [-0.3, -0.25) is 14.9 Å². The van der Waals surface area contributed by atoms with E-state index in [9.17, 15) is 20.1 Å². The molecule has 2 atom stereocenters. The van der Waals surface area contributed by atoms with E-state index >= 15 is 0 Å². The van der Waals surface area contributed by atoms with Crippen molar-refractivity contribution in [2.24, 2.45) is 10.8 Å². The molecule has 80 valence electrons. The largest absolute Gasteiger partial charge is 0.294 e. The first-order chi connectivity index (χ1) is 7.52. The van der Waals surface area contributed by atoms with Crippen LogP contribution >= 0.6 is 0 Å². The van der Waals surface area contributed by atoms with Crippen molar-refractivity contribution in [1.29, 1.82) is 10.5 Å². The van der Waals surface area contributed by atoms with Crippen molar-refractivity contribution in [2.45, 2.75) is 19.8 Å². The van der Waals surface area contributed by atoms with Gasteiger partial charge in [0.25, 0.3) is 0 Å². The zero-order valence-corrected chi connectivity index (χ0v) is 8.70. The maximum absolute atomic E-state index is 11.7. The molecule has 1 fully saturated rings. The molecule has 5 heteroatoms. The Morgan fingerprint density at radius 1 is 1.25 bits per heavy atom. The van der Waals surface area contributed by atoms with Gasteiger partial charge in [-0.15, -0.1) is 0 Å². The third-order valence-electron chi connectivity index (χ3n) is 3.41. The summed E-state index contributed by atoms with van der Waals surface area (Å²) in [6.45, 7) is 1.79. The number of nitrogens with zero attached hydrogens (tertiary/aromatic N) is 2. The Morgan fingerprint density at radius 3 is 2.38 bits per heavy atom. The van der Waals surface area contributed by atoms with E-state index in [0.717, 1.165) is 5.57 Å². The molecule has 0 unspecified atom stereocenters. The molecule has 0 aromatic heterocycles. The Kier molecular flexibility index (Phi) is 1.90. The van der Waals surface area contributed by atoms with Crippen LogP contribution in [-0.2, 0) is 9.59 Å². The number of fused-ring (bicyclic) bond motifs is 1. The summed E-state index contributed by atoms with van der Waals surface area (Å²) in [5, 5.41) is 20.5. The highest BCUT2D eigenvalue weighted by Gasteiger charge is 2.68. The molecule has 0 aromatic carbocycles. The summed E-state index contributed by atoms with van der Waals surface area (Å²) in [6.07, 6.45) is 2.02. The van der Waals surface area contributed by atoms with Crippen molar-refractivity contribution in [2.75, 3.05) is 0 Å². The van der Waals surface area contributed by atoms with Gasteiger partial charge in [0.1, 0.15) is 0 Å². The van der Waals surface area contributed by atoms with Crippen molar-refractivity contribution in [3.63, 3.8) is 0 Å². The number of allylic oxidation sites excluding steroid dienone is 2. The molecule has 1 saturated heterocycles. The van der Waals surface area contributed by atoms with E-state index in [1.807, 2.05) is 12.1 Å². The fourth-order valence-corrected chi connectivity index (χ4v) is 2.40. The van der Waals surface area contributed by atoms with Crippen LogP contribution in [0.25, 0.3) is 0 Å². The molecule has 2 rings (SSSR count). The van der Waals surface area contributed by atoms with E-state index in [-0.39, 0.29) is 12.8 Å². The van der Waals surface area contributed by atoms with Crippen molar-refractivity contribution in [3.8, 4) is 12.1 Å². The Morgan fingerprint density at radius 2 is 1.81 bits per heavy atom. The minimum Gasteiger partial charge on any atom is -0.294 e. The number of nitriles is 2. The summed E-state index contributed by atoms with van der Waals surface area (Å²) in [6, 6.07) is 3.76. The van der Waals surface area contributed by atoms with E-state index in [1.54, 1.807) is 13.0 Å². The van der Waals surface area contributed by atoms with Gasteiger partial charge in [-0.2, -0.15) is 10.5 Å². The average molecular weight is 215 g/mol. The van der Waals surface area contributed by atoms with Crippen LogP contribution in [0.4, 0.5) is 0 Å². The van der Waals surface area contributed by atoms with Gasteiger partial charge >= 0.3 is 0 Å². The standard InChI is InChI=1S/C11H9N3O2/c1-7-2-3-10(5-12)8(15)14-9(16)11(10,4-7)6-13/h2H,3-4H2,1H3,(H,14,15,16)/t10-,11+/m0/s1. The van der Waals surface area contributed by atoms with Crippen LogP contribution in [0, 0.1) is 33.5 Å². The van der Waals surface area contributed by atoms with E-state index in [4.69, 9.17) is 0 Å². The molecule has 0 saturated carbocycles. The third-order valence-corrected chi connectivity index (χ3v) is 3.41. The first kappa shape index (κ1) is 10.4. The highest BCUT2D eigenvalue weighted by molar-refractivity contribution is 6.13. The minimum absolute atomic E-state index is 0.125. The lowest BCUT2D eigenvalue weighted by Crippen LogP contribution is -2.44. The number of carbonyl (C=O) groups is 2. The minimum atomic E-state index is -1.54. The molecule has 0 radical (unpaired) electrons. The quantitative estimate of drug-likeness (QED) is 0.467. The van der Waals surface area contributed by atoms with Gasteiger partial charge in [0, 0.05) is 0 Å². The fourth-order valence-electron chi connectivity index (χ4n) is 2.40. The molecule has 0 spiro atoms. The van der Waals surface area contributed by atoms with Gasteiger partial charge in [0.15, 0.2) is 10.8 Å². The SMILES string of the molecule is CC1=CC[C@]2(C#N)C(=O)NC(=O)[C@]2(C#N)C1. The lowest BCUT2D eigenvalue weighted by molar-refractivity contribution is -0.127. The fraction of sp³-hybridized carbons (Fsp3) is 0.455. The van der Waals surface area contributed by atoms with E-state index in [1.165, 1.54) is 0 Å². The van der Waals surface area contributed by atoms with Crippen molar-refractivity contribution in [3.05, 3.63) is 11.6 Å². The first-order valence-corrected chi connectivity index (χ1v) is 4.86. The third kappa shape index (κ3) is 0.880. The van der Waals surface area contributed by atoms with Crippen LogP contribution in [0.2, 0.25) is 0 Å². The Balaban J connectivity index is 2.71. The van der Waals surface area contributed by atoms with Crippen LogP contribution < -0.4 is 5.32 Å². The molecular formula is C11H9N3O2. The summed E-state index contributed by atoms with van der Waals surface area (Å²) in [7, 11) is 0. The van der Waals surface area contributed by atoms with E-state index < -0.39 is 22.6 Å². The predicted octanol–water partition coefficient (Wildman–Crippen LogP) is 0.403. The Labute approximate surface area is 92.3 Å². The van der Waals surface area contributed by atoms with Gasteiger partial charge in [0.2, 0.25) is 11.8 Å². The van der Waals surface area contributed by atoms with Crippen LogP contribution in [0.5, 0.6) is 0 Å². The topological polar surface area (TPSA) is 93.8 Å². The molecule has 0 bridgehead atoms. The number of amides is 2. The van der Waals surface area contributed by atoms with Gasteiger partial charge < -0.3 is 0 Å². The molecule has 2 amide bonds. The second-order valence-corrected chi connectivity index (χ2v) is 4.25. The molecule has 2 aliphatic rings. The Bertz CT molecular complexity index is 508. The number of hydrogen-bond donors (Lipinski definition) is 1. The maximum Gasteiger partial charge on any atom is 0.249 e. The van der Waals surface area contributed by atoms with Crippen LogP contribution in [0.15, 0.2) is 11.6 Å². The van der Waals surface area contributed by atoms with Crippen LogP contribution in [0.3, 0.4) is 0 Å². The van der Waals surface area contributed by atoms with Crippen molar-refractivity contribution >= 4 is 11.8 Å². The second kappa shape index (κ2) is 2.93. The summed E-state index contributed by atoms with van der Waals surface area (Å²) >= 11 is 0. The molecular weight excluding hydrogens is 206 g/mol. The molecule has 1 aliphatic heterocycles. The molecule has 1 heterocycles. The molecule has 16 heavy (non-hydrogen) atoms. The Hall–Kier alpha value is -2.14. The number of carbonyl (C=O) groups excluding carboxylic acids is 2. The van der Waals surface area contributed by atoms with Gasteiger partial charge in [-0.05, 0) is 19.8 Å². The second-order valence-electron chi connectivity index (χ2n) is 4.25.